The molecular weight excluding hydrogens is 332 g/mol. The van der Waals surface area contributed by atoms with E-state index in [1.165, 1.54) is 4.90 Å². The van der Waals surface area contributed by atoms with Gasteiger partial charge in [-0.3, -0.25) is 4.79 Å². The predicted octanol–water partition coefficient (Wildman–Crippen LogP) is 2.99. The lowest BCUT2D eigenvalue weighted by atomic mass is 9.93. The van der Waals surface area contributed by atoms with Crippen molar-refractivity contribution in [2.45, 2.75) is 19.0 Å². The van der Waals surface area contributed by atoms with Gasteiger partial charge in [-0.2, -0.15) is 0 Å². The fourth-order valence-electron chi connectivity index (χ4n) is 3.22. The Morgan fingerprint density at radius 3 is 2.46 bits per heavy atom. The van der Waals surface area contributed by atoms with Crippen LogP contribution >= 0.6 is 0 Å². The van der Waals surface area contributed by atoms with Crippen molar-refractivity contribution >= 4 is 11.9 Å². The predicted molar refractivity (Wildman–Crippen MR) is 93.4 cm³/mol. The molecule has 1 aliphatic heterocycles. The van der Waals surface area contributed by atoms with E-state index >= 15 is 0 Å². The van der Waals surface area contributed by atoms with Crippen LogP contribution in [0.25, 0.3) is 11.3 Å². The molecule has 0 bridgehead atoms. The van der Waals surface area contributed by atoms with Crippen LogP contribution in [-0.2, 0) is 17.8 Å². The van der Waals surface area contributed by atoms with Crippen LogP contribution in [0.5, 0.6) is 0 Å². The van der Waals surface area contributed by atoms with Crippen LogP contribution in [0, 0.1) is 0 Å². The molecule has 3 aromatic rings. The Balaban J connectivity index is 1.65. The van der Waals surface area contributed by atoms with Crippen LogP contribution in [0.3, 0.4) is 0 Å². The number of benzene rings is 2. The van der Waals surface area contributed by atoms with Crippen molar-refractivity contribution in [3.63, 3.8) is 0 Å². The second-order valence-electron chi connectivity index (χ2n) is 6.20. The lowest BCUT2D eigenvalue weighted by molar-refractivity contribution is -0.142. The molecule has 26 heavy (non-hydrogen) atoms. The molecule has 1 aliphatic rings. The Hall–Kier alpha value is -3.41. The minimum Gasteiger partial charge on any atom is -0.480 e. The average Bonchev–Trinajstić information content (AvgIpc) is 3.17. The molecule has 0 unspecified atom stereocenters. The molecule has 0 spiro atoms. The average molecular weight is 348 g/mol. The lowest BCUT2D eigenvalue weighted by Gasteiger charge is -2.33. The molecule has 4 rings (SSSR count). The quantitative estimate of drug-likeness (QED) is 0.787. The summed E-state index contributed by atoms with van der Waals surface area (Å²) in [5.41, 5.74) is 3.26. The molecule has 6 nitrogen and oxygen atoms in total. The molecule has 1 amide bonds. The van der Waals surface area contributed by atoms with E-state index in [4.69, 9.17) is 4.52 Å². The molecule has 6 heteroatoms. The Kier molecular flexibility index (Phi) is 4.01. The van der Waals surface area contributed by atoms with Gasteiger partial charge in [-0.25, -0.2) is 4.79 Å². The van der Waals surface area contributed by atoms with Crippen LogP contribution in [0.4, 0.5) is 0 Å². The van der Waals surface area contributed by atoms with E-state index in [-0.39, 0.29) is 18.7 Å². The first-order valence-corrected chi connectivity index (χ1v) is 8.26. The Labute approximate surface area is 149 Å². The number of carbonyl (C=O) groups is 2. The van der Waals surface area contributed by atoms with Gasteiger partial charge in [-0.05, 0) is 11.1 Å². The van der Waals surface area contributed by atoms with Crippen molar-refractivity contribution in [1.82, 2.24) is 10.1 Å². The molecule has 0 aliphatic carbocycles. The molecule has 0 saturated carbocycles. The van der Waals surface area contributed by atoms with Gasteiger partial charge in [0, 0.05) is 24.6 Å². The number of carbonyl (C=O) groups excluding carboxylic acids is 1. The van der Waals surface area contributed by atoms with Crippen molar-refractivity contribution in [1.29, 1.82) is 0 Å². The highest BCUT2D eigenvalue weighted by Crippen LogP contribution is 2.26. The zero-order valence-corrected chi connectivity index (χ0v) is 13.8. The summed E-state index contributed by atoms with van der Waals surface area (Å²) in [4.78, 5) is 25.9. The van der Waals surface area contributed by atoms with Crippen LogP contribution in [0.1, 0.15) is 21.7 Å². The van der Waals surface area contributed by atoms with Crippen molar-refractivity contribution in [2.24, 2.45) is 0 Å². The van der Waals surface area contributed by atoms with E-state index in [1.807, 2.05) is 54.6 Å². The molecule has 1 N–H and O–H groups in total. The first-order valence-electron chi connectivity index (χ1n) is 8.26. The number of nitrogens with zero attached hydrogens (tertiary/aromatic N) is 2. The van der Waals surface area contributed by atoms with Crippen LogP contribution in [-0.4, -0.2) is 33.1 Å². The Bertz CT molecular complexity index is 965. The van der Waals surface area contributed by atoms with Crippen molar-refractivity contribution < 1.29 is 19.2 Å². The second-order valence-corrected chi connectivity index (χ2v) is 6.20. The Morgan fingerprint density at radius 1 is 1.04 bits per heavy atom. The summed E-state index contributed by atoms with van der Waals surface area (Å²) in [6.45, 7) is 0.230. The van der Waals surface area contributed by atoms with Crippen molar-refractivity contribution in [3.8, 4) is 11.3 Å². The maximum absolute atomic E-state index is 12.9. The number of amides is 1. The van der Waals surface area contributed by atoms with Crippen molar-refractivity contribution in [2.75, 3.05) is 0 Å². The van der Waals surface area contributed by atoms with Crippen LogP contribution < -0.4 is 0 Å². The second kappa shape index (κ2) is 6.48. The summed E-state index contributed by atoms with van der Waals surface area (Å²) in [5.74, 6) is -1.47. The molecule has 0 saturated heterocycles. The zero-order chi connectivity index (χ0) is 18.1. The molecule has 1 aromatic heterocycles. The molecular formula is C20H16N2O4. The molecule has 130 valence electrons. The van der Waals surface area contributed by atoms with Gasteiger partial charge in [0.05, 0.1) is 0 Å². The molecule has 0 fully saturated rings. The summed E-state index contributed by atoms with van der Waals surface area (Å²) in [6.07, 6.45) is 0.275. The Morgan fingerprint density at radius 2 is 1.73 bits per heavy atom. The highest BCUT2D eigenvalue weighted by atomic mass is 16.5. The SMILES string of the molecule is O=C(O)[C@H]1Cc2ccccc2CN1C(=O)c1cc(-c2ccccc2)no1. The number of aliphatic carboxylic acids is 1. The van der Waals surface area contributed by atoms with E-state index in [9.17, 15) is 14.7 Å². The first-order chi connectivity index (χ1) is 12.6. The monoisotopic (exact) mass is 348 g/mol. The summed E-state index contributed by atoms with van der Waals surface area (Å²) in [7, 11) is 0. The van der Waals surface area contributed by atoms with Gasteiger partial charge in [0.25, 0.3) is 5.91 Å². The van der Waals surface area contributed by atoms with Crippen LogP contribution in [0.15, 0.2) is 65.2 Å². The molecule has 2 heterocycles. The fourth-order valence-corrected chi connectivity index (χ4v) is 3.22. The minimum absolute atomic E-state index is 0.0366. The summed E-state index contributed by atoms with van der Waals surface area (Å²) in [5, 5.41) is 13.5. The van der Waals surface area contributed by atoms with Gasteiger partial charge < -0.3 is 14.5 Å². The van der Waals surface area contributed by atoms with E-state index in [0.29, 0.717) is 5.69 Å². The minimum atomic E-state index is -1.03. The smallest absolute Gasteiger partial charge is 0.326 e. The fraction of sp³-hybridized carbons (Fsp3) is 0.150. The number of carboxylic acid groups (broad SMARTS) is 1. The zero-order valence-electron chi connectivity index (χ0n) is 13.8. The number of hydrogen-bond acceptors (Lipinski definition) is 4. The van der Waals surface area contributed by atoms with Gasteiger partial charge in [-0.15, -0.1) is 0 Å². The summed E-state index contributed by atoms with van der Waals surface area (Å²) >= 11 is 0. The third kappa shape index (κ3) is 2.86. The normalized spacial score (nSPS) is 16.2. The topological polar surface area (TPSA) is 83.6 Å². The highest BCUT2D eigenvalue weighted by Gasteiger charge is 2.36. The maximum atomic E-state index is 12.9. The third-order valence-electron chi connectivity index (χ3n) is 4.58. The molecule has 1 atom stereocenters. The third-order valence-corrected chi connectivity index (χ3v) is 4.58. The maximum Gasteiger partial charge on any atom is 0.326 e. The van der Waals surface area contributed by atoms with Gasteiger partial charge in [0.2, 0.25) is 5.76 Å². The van der Waals surface area contributed by atoms with Gasteiger partial charge in [0.15, 0.2) is 0 Å². The van der Waals surface area contributed by atoms with E-state index in [2.05, 4.69) is 5.16 Å². The van der Waals surface area contributed by atoms with Gasteiger partial charge in [0.1, 0.15) is 11.7 Å². The number of carboxylic acids is 1. The molecule has 0 radical (unpaired) electrons. The standard InChI is InChI=1S/C20H16N2O4/c23-19(18-11-16(21-26-18)13-6-2-1-3-7-13)22-12-15-9-5-4-8-14(15)10-17(22)20(24)25/h1-9,11,17H,10,12H2,(H,24,25)/t17-/m1/s1. The lowest BCUT2D eigenvalue weighted by Crippen LogP contribution is -2.48. The number of hydrogen-bond donors (Lipinski definition) is 1. The van der Waals surface area contributed by atoms with Gasteiger partial charge >= 0.3 is 5.97 Å². The molecule has 2 aromatic carbocycles. The van der Waals surface area contributed by atoms with Gasteiger partial charge in [-0.1, -0.05) is 59.8 Å². The van der Waals surface area contributed by atoms with E-state index in [0.717, 1.165) is 16.7 Å². The van der Waals surface area contributed by atoms with Crippen LogP contribution in [0.2, 0.25) is 0 Å². The van der Waals surface area contributed by atoms with E-state index in [1.54, 1.807) is 6.07 Å². The van der Waals surface area contributed by atoms with Crippen molar-refractivity contribution in [3.05, 3.63) is 77.6 Å². The first kappa shape index (κ1) is 16.1. The number of aromatic nitrogens is 1. The van der Waals surface area contributed by atoms with E-state index < -0.39 is 17.9 Å². The number of rotatable bonds is 3. The largest absolute Gasteiger partial charge is 0.480 e. The number of fused-ring (bicyclic) bond motifs is 1. The summed E-state index contributed by atoms with van der Waals surface area (Å²) in [6, 6.07) is 17.5. The highest BCUT2D eigenvalue weighted by molar-refractivity contribution is 5.95. The summed E-state index contributed by atoms with van der Waals surface area (Å²) < 4.78 is 5.22.